The molecule has 5 aromatic rings. The summed E-state index contributed by atoms with van der Waals surface area (Å²) in [6.07, 6.45) is 3.79. The smallest absolute Gasteiger partial charge is 0.227 e. The number of phenols is 1. The number of hydrogen-bond donors (Lipinski definition) is 2. The zero-order chi connectivity index (χ0) is 25.9. The van der Waals surface area contributed by atoms with E-state index in [0.29, 0.717) is 23.4 Å². The van der Waals surface area contributed by atoms with Crippen LogP contribution in [0.2, 0.25) is 0 Å². The predicted molar refractivity (Wildman–Crippen MR) is 148 cm³/mol. The van der Waals surface area contributed by atoms with Crippen LogP contribution in [0, 0.1) is 0 Å². The van der Waals surface area contributed by atoms with Gasteiger partial charge >= 0.3 is 0 Å². The Kier molecular flexibility index (Phi) is 6.58. The van der Waals surface area contributed by atoms with E-state index in [1.54, 1.807) is 12.4 Å². The van der Waals surface area contributed by atoms with Gasteiger partial charge in [-0.15, -0.1) is 0 Å². The number of nitrogens with one attached hydrogen (secondary N) is 1. The summed E-state index contributed by atoms with van der Waals surface area (Å²) < 4.78 is 0. The molecule has 7 nitrogen and oxygen atoms in total. The van der Waals surface area contributed by atoms with Crippen molar-refractivity contribution in [1.82, 2.24) is 24.8 Å². The number of benzene rings is 3. The Labute approximate surface area is 221 Å². The minimum absolute atomic E-state index is 0.154. The molecule has 3 aromatic carbocycles. The Morgan fingerprint density at radius 3 is 2.37 bits per heavy atom. The van der Waals surface area contributed by atoms with E-state index < -0.39 is 0 Å². The fourth-order valence-electron chi connectivity index (χ4n) is 5.04. The summed E-state index contributed by atoms with van der Waals surface area (Å²) in [5, 5.41) is 11.1. The number of aromatic hydroxyl groups is 1. The molecular formula is C31H29N5O2. The summed E-state index contributed by atoms with van der Waals surface area (Å²) >= 11 is 0. The number of nitrogens with zero attached hydrogens (tertiary/aromatic N) is 4. The van der Waals surface area contributed by atoms with Gasteiger partial charge in [0, 0.05) is 44.5 Å². The molecule has 0 unspecified atom stereocenters. The van der Waals surface area contributed by atoms with Crippen molar-refractivity contribution in [3.8, 4) is 28.3 Å². The molecule has 0 aliphatic carbocycles. The van der Waals surface area contributed by atoms with Crippen LogP contribution in [-0.4, -0.2) is 61.9 Å². The fourth-order valence-corrected chi connectivity index (χ4v) is 5.04. The molecule has 1 fully saturated rings. The first-order valence-electron chi connectivity index (χ1n) is 12.9. The Balaban J connectivity index is 1.10. The average molecular weight is 504 g/mol. The van der Waals surface area contributed by atoms with Crippen LogP contribution in [0.4, 0.5) is 0 Å². The lowest BCUT2D eigenvalue weighted by Gasteiger charge is -2.34. The van der Waals surface area contributed by atoms with Crippen molar-refractivity contribution in [3.05, 3.63) is 102 Å². The SMILES string of the molecule is O=C(Cc1ccc(-c2cccc(-c3nc4ccncc4[nH]3)c2O)cc1)N1CCN(Cc2ccccc2)CC1. The number of fused-ring (bicyclic) bond motifs is 1. The van der Waals surface area contributed by atoms with Crippen molar-refractivity contribution in [2.45, 2.75) is 13.0 Å². The van der Waals surface area contributed by atoms with Crippen molar-refractivity contribution in [3.63, 3.8) is 0 Å². The van der Waals surface area contributed by atoms with Gasteiger partial charge in [-0.2, -0.15) is 0 Å². The molecule has 0 spiro atoms. The number of rotatable bonds is 6. The van der Waals surface area contributed by atoms with Gasteiger partial charge in [-0.25, -0.2) is 4.98 Å². The highest BCUT2D eigenvalue weighted by molar-refractivity contribution is 5.84. The maximum Gasteiger partial charge on any atom is 0.227 e. The van der Waals surface area contributed by atoms with E-state index in [9.17, 15) is 9.90 Å². The maximum atomic E-state index is 13.0. The number of amides is 1. The zero-order valence-corrected chi connectivity index (χ0v) is 21.0. The molecule has 0 radical (unpaired) electrons. The van der Waals surface area contributed by atoms with Gasteiger partial charge < -0.3 is 15.0 Å². The zero-order valence-electron chi connectivity index (χ0n) is 21.0. The van der Waals surface area contributed by atoms with Crippen molar-refractivity contribution in [1.29, 1.82) is 0 Å². The number of carbonyl (C=O) groups is 1. The van der Waals surface area contributed by atoms with Crippen molar-refractivity contribution in [2.75, 3.05) is 26.2 Å². The summed E-state index contributed by atoms with van der Waals surface area (Å²) in [7, 11) is 0. The first kappa shape index (κ1) is 23.9. The number of hydrogen-bond acceptors (Lipinski definition) is 5. The summed E-state index contributed by atoms with van der Waals surface area (Å²) in [4.78, 5) is 29.3. The number of phenolic OH excluding ortho intramolecular Hbond substituents is 1. The number of aromatic nitrogens is 3. The highest BCUT2D eigenvalue weighted by Gasteiger charge is 2.21. The first-order chi connectivity index (χ1) is 18.6. The average Bonchev–Trinajstić information content (AvgIpc) is 3.39. The molecule has 1 aliphatic rings. The van der Waals surface area contributed by atoms with E-state index in [1.807, 2.05) is 59.5 Å². The second kappa shape index (κ2) is 10.5. The summed E-state index contributed by atoms with van der Waals surface area (Å²) in [6, 6.07) is 25.8. The van der Waals surface area contributed by atoms with Gasteiger partial charge in [-0.05, 0) is 28.8 Å². The number of para-hydroxylation sites is 1. The fraction of sp³-hybridized carbons (Fsp3) is 0.194. The monoisotopic (exact) mass is 503 g/mol. The van der Waals surface area contributed by atoms with Gasteiger partial charge in [0.2, 0.25) is 5.91 Å². The van der Waals surface area contributed by atoms with E-state index >= 15 is 0 Å². The highest BCUT2D eigenvalue weighted by Crippen LogP contribution is 2.37. The van der Waals surface area contributed by atoms with Crippen molar-refractivity contribution >= 4 is 16.9 Å². The number of H-pyrrole nitrogens is 1. The van der Waals surface area contributed by atoms with Crippen LogP contribution in [0.25, 0.3) is 33.5 Å². The van der Waals surface area contributed by atoms with E-state index in [0.717, 1.165) is 54.9 Å². The predicted octanol–water partition coefficient (Wildman–Crippen LogP) is 4.88. The molecule has 2 aromatic heterocycles. The second-order valence-electron chi connectivity index (χ2n) is 9.70. The van der Waals surface area contributed by atoms with Crippen LogP contribution in [0.15, 0.2) is 91.3 Å². The second-order valence-corrected chi connectivity index (χ2v) is 9.70. The number of pyridine rings is 1. The lowest BCUT2D eigenvalue weighted by atomic mass is 9.99. The summed E-state index contributed by atoms with van der Waals surface area (Å²) in [5.74, 6) is 0.913. The third-order valence-corrected chi connectivity index (χ3v) is 7.17. The Hall–Kier alpha value is -4.49. The molecule has 0 atom stereocenters. The molecule has 0 saturated carbocycles. The Morgan fingerprint density at radius 2 is 1.61 bits per heavy atom. The topological polar surface area (TPSA) is 85.3 Å². The number of aromatic amines is 1. The number of piperazine rings is 1. The van der Waals surface area contributed by atoms with E-state index in [-0.39, 0.29) is 11.7 Å². The molecule has 7 heteroatoms. The lowest BCUT2D eigenvalue weighted by molar-refractivity contribution is -0.132. The molecule has 1 aliphatic heterocycles. The molecule has 6 rings (SSSR count). The lowest BCUT2D eigenvalue weighted by Crippen LogP contribution is -2.48. The minimum atomic E-state index is 0.154. The summed E-state index contributed by atoms with van der Waals surface area (Å²) in [6.45, 7) is 4.20. The van der Waals surface area contributed by atoms with Crippen LogP contribution in [0.5, 0.6) is 5.75 Å². The molecule has 2 N–H and O–H groups in total. The standard InChI is InChI=1S/C31H29N5O2/c37-29(36-17-15-35(16-18-36)21-23-5-2-1-3-6-23)19-22-9-11-24(12-10-22)25-7-4-8-26(30(25)38)31-33-27-13-14-32-20-28(27)34-31/h1-14,20,38H,15-19,21H2,(H,33,34). The van der Waals surface area contributed by atoms with Gasteiger partial charge in [0.25, 0.3) is 0 Å². The van der Waals surface area contributed by atoms with Crippen molar-refractivity contribution in [2.24, 2.45) is 0 Å². The van der Waals surface area contributed by atoms with Crippen molar-refractivity contribution < 1.29 is 9.90 Å². The van der Waals surface area contributed by atoms with Gasteiger partial charge in [0.1, 0.15) is 11.6 Å². The minimum Gasteiger partial charge on any atom is -0.507 e. The Morgan fingerprint density at radius 1 is 0.842 bits per heavy atom. The third-order valence-electron chi connectivity index (χ3n) is 7.17. The molecule has 0 bridgehead atoms. The Bertz CT molecular complexity index is 1520. The quantitative estimate of drug-likeness (QED) is 0.345. The van der Waals surface area contributed by atoms with Crippen LogP contribution in [-0.2, 0) is 17.8 Å². The molecule has 3 heterocycles. The normalized spacial score (nSPS) is 14.2. The first-order valence-corrected chi connectivity index (χ1v) is 12.9. The molecule has 190 valence electrons. The largest absolute Gasteiger partial charge is 0.507 e. The highest BCUT2D eigenvalue weighted by atomic mass is 16.3. The van der Waals surface area contributed by atoms with Gasteiger partial charge in [-0.3, -0.25) is 14.7 Å². The van der Waals surface area contributed by atoms with Crippen LogP contribution in [0.1, 0.15) is 11.1 Å². The molecule has 1 saturated heterocycles. The number of carbonyl (C=O) groups excluding carboxylic acids is 1. The van der Waals surface area contributed by atoms with Gasteiger partial charge in [0.15, 0.2) is 0 Å². The van der Waals surface area contributed by atoms with Crippen LogP contribution >= 0.6 is 0 Å². The molecule has 1 amide bonds. The maximum absolute atomic E-state index is 13.0. The summed E-state index contributed by atoms with van der Waals surface area (Å²) in [5.41, 5.74) is 6.11. The van der Waals surface area contributed by atoms with Crippen LogP contribution < -0.4 is 0 Å². The third kappa shape index (κ3) is 5.01. The van der Waals surface area contributed by atoms with E-state index in [1.165, 1.54) is 5.56 Å². The van der Waals surface area contributed by atoms with Gasteiger partial charge in [0.05, 0.1) is 29.2 Å². The molecule has 38 heavy (non-hydrogen) atoms. The van der Waals surface area contributed by atoms with E-state index in [4.69, 9.17) is 0 Å². The van der Waals surface area contributed by atoms with Gasteiger partial charge in [-0.1, -0.05) is 66.7 Å². The number of imidazole rings is 1. The van der Waals surface area contributed by atoms with Crippen LogP contribution in [0.3, 0.4) is 0 Å². The van der Waals surface area contributed by atoms with E-state index in [2.05, 4.69) is 44.1 Å². The molecular weight excluding hydrogens is 474 g/mol.